The number of aryl methyl sites for hydroxylation is 1. The number of hydrogen-bond donors (Lipinski definition) is 1. The molecule has 1 N–H and O–H groups in total. The molecule has 1 heterocycles. The second-order valence-corrected chi connectivity index (χ2v) is 5.82. The lowest BCUT2D eigenvalue weighted by Crippen LogP contribution is -2.51. The fourth-order valence-corrected chi connectivity index (χ4v) is 3.14. The van der Waals surface area contributed by atoms with Gasteiger partial charge in [-0.15, -0.1) is 0 Å². The lowest BCUT2D eigenvalue weighted by molar-refractivity contribution is 0.199. The van der Waals surface area contributed by atoms with Gasteiger partial charge in [-0.3, -0.25) is 4.90 Å². The zero-order valence-electron chi connectivity index (χ0n) is 13.4. The van der Waals surface area contributed by atoms with Crippen molar-refractivity contribution in [1.29, 1.82) is 0 Å². The van der Waals surface area contributed by atoms with Crippen LogP contribution in [0.3, 0.4) is 0 Å². The molecule has 0 radical (unpaired) electrons. The van der Waals surface area contributed by atoms with Gasteiger partial charge >= 0.3 is 0 Å². The highest BCUT2D eigenvalue weighted by molar-refractivity contribution is 5.55. The fourth-order valence-electron chi connectivity index (χ4n) is 3.14. The van der Waals surface area contributed by atoms with Crippen LogP contribution in [-0.2, 0) is 6.54 Å². The molecular weight excluding hydrogens is 246 g/mol. The Morgan fingerprint density at radius 1 is 1.25 bits per heavy atom. The maximum absolute atomic E-state index is 3.39. The first-order chi connectivity index (χ1) is 9.65. The minimum Gasteiger partial charge on any atom is -0.368 e. The summed E-state index contributed by atoms with van der Waals surface area (Å²) in [6.45, 7) is 15.6. The quantitative estimate of drug-likeness (QED) is 0.891. The van der Waals surface area contributed by atoms with Gasteiger partial charge in [0.1, 0.15) is 0 Å². The molecule has 0 aliphatic carbocycles. The van der Waals surface area contributed by atoms with Gasteiger partial charge in [0.05, 0.1) is 0 Å². The highest BCUT2D eigenvalue weighted by atomic mass is 15.3. The van der Waals surface area contributed by atoms with Crippen molar-refractivity contribution in [2.75, 3.05) is 37.6 Å². The molecule has 1 aliphatic rings. The predicted molar refractivity (Wildman–Crippen MR) is 87.5 cm³/mol. The van der Waals surface area contributed by atoms with Crippen LogP contribution in [0.4, 0.5) is 5.69 Å². The summed E-state index contributed by atoms with van der Waals surface area (Å²) < 4.78 is 0. The molecule has 112 valence electrons. The van der Waals surface area contributed by atoms with Crippen molar-refractivity contribution < 1.29 is 0 Å². The van der Waals surface area contributed by atoms with E-state index in [9.17, 15) is 0 Å². The topological polar surface area (TPSA) is 18.5 Å². The summed E-state index contributed by atoms with van der Waals surface area (Å²) in [6.07, 6.45) is 0. The first kappa shape index (κ1) is 15.3. The first-order valence-corrected chi connectivity index (χ1v) is 7.95. The molecular formula is C17H29N3. The Kier molecular flexibility index (Phi) is 5.44. The van der Waals surface area contributed by atoms with Gasteiger partial charge in [0.15, 0.2) is 0 Å². The second kappa shape index (κ2) is 7.09. The number of rotatable bonds is 5. The van der Waals surface area contributed by atoms with E-state index in [1.54, 1.807) is 0 Å². The van der Waals surface area contributed by atoms with Gasteiger partial charge in [0, 0.05) is 37.9 Å². The Bertz CT molecular complexity index is 430. The maximum Gasteiger partial charge on any atom is 0.0397 e. The molecule has 0 amide bonds. The van der Waals surface area contributed by atoms with E-state index in [0.717, 1.165) is 32.7 Å². The number of hydrogen-bond acceptors (Lipinski definition) is 3. The van der Waals surface area contributed by atoms with Gasteiger partial charge in [-0.2, -0.15) is 0 Å². The third-order valence-electron chi connectivity index (χ3n) is 4.35. The third kappa shape index (κ3) is 3.53. The van der Waals surface area contributed by atoms with Crippen LogP contribution in [0.15, 0.2) is 18.2 Å². The van der Waals surface area contributed by atoms with Crippen molar-refractivity contribution in [3.63, 3.8) is 0 Å². The molecule has 1 fully saturated rings. The molecule has 3 heteroatoms. The lowest BCUT2D eigenvalue weighted by Gasteiger charge is -2.41. The largest absolute Gasteiger partial charge is 0.368 e. The summed E-state index contributed by atoms with van der Waals surface area (Å²) in [5, 5.41) is 3.39. The van der Waals surface area contributed by atoms with E-state index in [2.05, 4.69) is 61.0 Å². The predicted octanol–water partition coefficient (Wildman–Crippen LogP) is 2.63. The molecule has 20 heavy (non-hydrogen) atoms. The molecule has 1 aromatic rings. The molecule has 1 aliphatic heterocycles. The molecule has 0 bridgehead atoms. The molecule has 1 atom stereocenters. The monoisotopic (exact) mass is 275 g/mol. The van der Waals surface area contributed by atoms with E-state index in [-0.39, 0.29) is 0 Å². The van der Waals surface area contributed by atoms with Crippen molar-refractivity contribution in [2.24, 2.45) is 0 Å². The Morgan fingerprint density at radius 2 is 2.05 bits per heavy atom. The van der Waals surface area contributed by atoms with Crippen LogP contribution >= 0.6 is 0 Å². The summed E-state index contributed by atoms with van der Waals surface area (Å²) in [4.78, 5) is 5.11. The fraction of sp³-hybridized carbons (Fsp3) is 0.647. The number of benzene rings is 1. The van der Waals surface area contributed by atoms with Crippen molar-refractivity contribution in [3.05, 3.63) is 29.3 Å². The first-order valence-electron chi connectivity index (χ1n) is 7.95. The Balaban J connectivity index is 2.06. The smallest absolute Gasteiger partial charge is 0.0397 e. The van der Waals surface area contributed by atoms with Gasteiger partial charge in [-0.25, -0.2) is 0 Å². The van der Waals surface area contributed by atoms with E-state index in [1.807, 2.05) is 0 Å². The number of anilines is 1. The van der Waals surface area contributed by atoms with Crippen LogP contribution in [0.1, 0.15) is 31.9 Å². The molecule has 0 saturated carbocycles. The van der Waals surface area contributed by atoms with E-state index in [1.165, 1.54) is 23.4 Å². The Hall–Kier alpha value is -1.06. The highest BCUT2D eigenvalue weighted by Gasteiger charge is 2.23. The Labute approximate surface area is 124 Å². The molecule has 1 saturated heterocycles. The molecule has 2 rings (SSSR count). The third-order valence-corrected chi connectivity index (χ3v) is 4.35. The van der Waals surface area contributed by atoms with Gasteiger partial charge in [0.2, 0.25) is 0 Å². The van der Waals surface area contributed by atoms with E-state index >= 15 is 0 Å². The number of nitrogens with zero attached hydrogens (tertiary/aromatic N) is 2. The van der Waals surface area contributed by atoms with Crippen LogP contribution in [0.25, 0.3) is 0 Å². The van der Waals surface area contributed by atoms with E-state index in [0.29, 0.717) is 6.04 Å². The zero-order chi connectivity index (χ0) is 14.5. The van der Waals surface area contributed by atoms with Crippen molar-refractivity contribution in [1.82, 2.24) is 10.2 Å². The summed E-state index contributed by atoms with van der Waals surface area (Å²) in [5.74, 6) is 0. The van der Waals surface area contributed by atoms with E-state index < -0.39 is 0 Å². The van der Waals surface area contributed by atoms with Gasteiger partial charge in [-0.1, -0.05) is 26.0 Å². The minimum atomic E-state index is 0.648. The summed E-state index contributed by atoms with van der Waals surface area (Å²) in [5.41, 5.74) is 4.19. The number of nitrogens with one attached hydrogen (secondary N) is 1. The zero-order valence-corrected chi connectivity index (χ0v) is 13.4. The minimum absolute atomic E-state index is 0.648. The van der Waals surface area contributed by atoms with Crippen LogP contribution < -0.4 is 10.2 Å². The van der Waals surface area contributed by atoms with Crippen LogP contribution in [-0.4, -0.2) is 43.7 Å². The lowest BCUT2D eigenvalue weighted by atomic mass is 10.1. The molecule has 3 nitrogen and oxygen atoms in total. The summed E-state index contributed by atoms with van der Waals surface area (Å²) >= 11 is 0. The maximum atomic E-state index is 3.39. The molecule has 0 aromatic heterocycles. The van der Waals surface area contributed by atoms with Gasteiger partial charge < -0.3 is 10.2 Å². The van der Waals surface area contributed by atoms with Crippen LogP contribution in [0.5, 0.6) is 0 Å². The molecule has 1 unspecified atom stereocenters. The Morgan fingerprint density at radius 3 is 2.65 bits per heavy atom. The van der Waals surface area contributed by atoms with Crippen molar-refractivity contribution >= 4 is 5.69 Å². The molecule has 0 spiro atoms. The second-order valence-electron chi connectivity index (χ2n) is 5.82. The average molecular weight is 275 g/mol. The number of piperazine rings is 1. The average Bonchev–Trinajstić information content (AvgIpc) is 2.45. The van der Waals surface area contributed by atoms with Crippen molar-refractivity contribution in [3.8, 4) is 0 Å². The summed E-state index contributed by atoms with van der Waals surface area (Å²) in [7, 11) is 0. The number of likely N-dealkylation sites (N-methyl/N-ethyl adjacent to an activating group) is 1. The molecule has 1 aromatic carbocycles. The normalized spacial score (nSPS) is 20.4. The highest BCUT2D eigenvalue weighted by Crippen LogP contribution is 2.24. The van der Waals surface area contributed by atoms with E-state index in [4.69, 9.17) is 0 Å². The SMILES string of the molecule is CCNCc1ccc(N2CCN(CC)C(C)C2)c(C)c1. The van der Waals surface area contributed by atoms with Gasteiger partial charge in [-0.05, 0) is 44.1 Å². The van der Waals surface area contributed by atoms with Crippen LogP contribution in [0.2, 0.25) is 0 Å². The van der Waals surface area contributed by atoms with Crippen LogP contribution in [0, 0.1) is 6.92 Å². The van der Waals surface area contributed by atoms with Gasteiger partial charge in [0.25, 0.3) is 0 Å². The van der Waals surface area contributed by atoms with Crippen molar-refractivity contribution in [2.45, 2.75) is 40.3 Å². The standard InChI is InChI=1S/C17H29N3/c1-5-18-12-16-7-8-17(14(3)11-16)20-10-9-19(6-2)15(4)13-20/h7-8,11,15,18H,5-6,9-10,12-13H2,1-4H3. The summed E-state index contributed by atoms with van der Waals surface area (Å²) in [6, 6.07) is 7.54.